The molecule has 0 fully saturated rings. The number of fused-ring (bicyclic) bond motifs is 1. The maximum absolute atomic E-state index is 10.3. The highest BCUT2D eigenvalue weighted by atomic mass is 16.6. The second-order valence-electron chi connectivity index (χ2n) is 4.86. The molecular formula is C17H16O5. The van der Waals surface area contributed by atoms with Crippen LogP contribution in [0.1, 0.15) is 11.1 Å². The number of phenolic OH excluding ortho intramolecular Hbond substituents is 1. The Morgan fingerprint density at radius 2 is 1.86 bits per heavy atom. The lowest BCUT2D eigenvalue weighted by Crippen LogP contribution is -2.21. The number of aliphatic hydroxyl groups excluding tert-OH is 1. The van der Waals surface area contributed by atoms with E-state index in [4.69, 9.17) is 14.2 Å². The van der Waals surface area contributed by atoms with E-state index in [1.807, 2.05) is 18.2 Å². The minimum atomic E-state index is -1.13. The molecule has 22 heavy (non-hydrogen) atoms. The molecule has 1 unspecified atom stereocenters. The fraction of sp³-hybridized carbons (Fsp3) is 0.176. The Morgan fingerprint density at radius 1 is 1.05 bits per heavy atom. The summed E-state index contributed by atoms with van der Waals surface area (Å²) >= 11 is 0. The zero-order valence-corrected chi connectivity index (χ0v) is 12.2. The smallest absolute Gasteiger partial charge is 0.225 e. The molecular weight excluding hydrogens is 284 g/mol. The Balaban J connectivity index is 2.09. The van der Waals surface area contributed by atoms with Crippen LogP contribution in [0.25, 0.3) is 11.6 Å². The number of methoxy groups -OCH3 is 2. The maximum atomic E-state index is 10.3. The summed E-state index contributed by atoms with van der Waals surface area (Å²) in [6.45, 7) is 0. The van der Waals surface area contributed by atoms with Crippen LogP contribution in [0.3, 0.4) is 0 Å². The second kappa shape index (κ2) is 5.61. The highest BCUT2D eigenvalue weighted by Crippen LogP contribution is 2.39. The fourth-order valence-electron chi connectivity index (χ4n) is 2.41. The van der Waals surface area contributed by atoms with Crippen LogP contribution in [0.4, 0.5) is 0 Å². The summed E-state index contributed by atoms with van der Waals surface area (Å²) in [6.07, 6.45) is 0.704. The number of rotatable bonds is 3. The first kappa shape index (κ1) is 14.3. The van der Waals surface area contributed by atoms with Crippen LogP contribution in [0.2, 0.25) is 0 Å². The van der Waals surface area contributed by atoms with E-state index < -0.39 is 6.29 Å². The predicted octanol–water partition coefficient (Wildman–Crippen LogP) is 2.66. The van der Waals surface area contributed by atoms with Gasteiger partial charge < -0.3 is 24.4 Å². The van der Waals surface area contributed by atoms with Gasteiger partial charge in [0.05, 0.1) is 14.2 Å². The van der Waals surface area contributed by atoms with Gasteiger partial charge in [-0.15, -0.1) is 0 Å². The molecule has 0 aliphatic carbocycles. The van der Waals surface area contributed by atoms with Crippen LogP contribution in [0.15, 0.2) is 36.4 Å². The van der Waals surface area contributed by atoms with Crippen molar-refractivity contribution in [2.75, 3.05) is 14.2 Å². The summed E-state index contributed by atoms with van der Waals surface area (Å²) in [4.78, 5) is 0. The Morgan fingerprint density at radius 3 is 2.59 bits per heavy atom. The predicted molar refractivity (Wildman–Crippen MR) is 82.2 cm³/mol. The highest BCUT2D eigenvalue weighted by molar-refractivity contribution is 5.88. The maximum Gasteiger partial charge on any atom is 0.225 e. The van der Waals surface area contributed by atoms with Gasteiger partial charge in [0.2, 0.25) is 6.29 Å². The normalized spacial score (nSPS) is 16.3. The quantitative estimate of drug-likeness (QED) is 0.912. The van der Waals surface area contributed by atoms with Crippen molar-refractivity contribution in [2.45, 2.75) is 6.29 Å². The van der Waals surface area contributed by atoms with E-state index in [0.29, 0.717) is 28.4 Å². The Labute approximate surface area is 128 Å². The molecule has 3 rings (SSSR count). The van der Waals surface area contributed by atoms with E-state index in [9.17, 15) is 10.2 Å². The molecule has 0 aromatic heterocycles. The molecule has 1 atom stereocenters. The van der Waals surface area contributed by atoms with E-state index >= 15 is 0 Å². The summed E-state index contributed by atoms with van der Waals surface area (Å²) < 4.78 is 16.0. The summed E-state index contributed by atoms with van der Waals surface area (Å²) in [5.41, 5.74) is 2.06. The van der Waals surface area contributed by atoms with Gasteiger partial charge in [-0.05, 0) is 30.3 Å². The number of aliphatic hydroxyl groups is 1. The Kier molecular flexibility index (Phi) is 3.65. The molecule has 2 aromatic rings. The average Bonchev–Trinajstić information content (AvgIpc) is 2.53. The van der Waals surface area contributed by atoms with Gasteiger partial charge in [0.1, 0.15) is 23.0 Å². The van der Waals surface area contributed by atoms with E-state index in [1.165, 1.54) is 19.2 Å². The molecule has 0 bridgehead atoms. The molecule has 5 nitrogen and oxygen atoms in total. The summed E-state index contributed by atoms with van der Waals surface area (Å²) in [6, 6.07) is 10.1. The van der Waals surface area contributed by atoms with Gasteiger partial charge in [-0.25, -0.2) is 0 Å². The molecule has 0 saturated carbocycles. The zero-order chi connectivity index (χ0) is 15.7. The number of hydrogen-bond donors (Lipinski definition) is 2. The molecule has 0 saturated heterocycles. The molecule has 5 heteroatoms. The minimum absolute atomic E-state index is 0.0950. The first-order valence-corrected chi connectivity index (χ1v) is 6.74. The third-order valence-electron chi connectivity index (χ3n) is 3.53. The number of ether oxygens (including phenoxy) is 3. The van der Waals surface area contributed by atoms with Gasteiger partial charge in [-0.1, -0.05) is 0 Å². The van der Waals surface area contributed by atoms with E-state index in [-0.39, 0.29) is 5.75 Å². The molecule has 0 radical (unpaired) electrons. The highest BCUT2D eigenvalue weighted by Gasteiger charge is 2.24. The standard InChI is InChI=1S/C17H16O5/c1-20-12-5-3-10-7-14(17(19)22-15(10)9-12)13-6-4-11(18)8-16(13)21-2/h3-9,17-19H,1-2H3. The van der Waals surface area contributed by atoms with Crippen molar-refractivity contribution in [1.29, 1.82) is 0 Å². The van der Waals surface area contributed by atoms with E-state index in [2.05, 4.69) is 0 Å². The SMILES string of the molecule is COc1ccc2c(c1)OC(O)C(c1ccc(O)cc1OC)=C2. The summed E-state index contributed by atoms with van der Waals surface area (Å²) in [5, 5.41) is 19.8. The van der Waals surface area contributed by atoms with Gasteiger partial charge in [-0.2, -0.15) is 0 Å². The van der Waals surface area contributed by atoms with Crippen LogP contribution >= 0.6 is 0 Å². The van der Waals surface area contributed by atoms with E-state index in [1.54, 1.807) is 19.2 Å². The second-order valence-corrected chi connectivity index (χ2v) is 4.86. The van der Waals surface area contributed by atoms with Crippen LogP contribution in [0, 0.1) is 0 Å². The summed E-state index contributed by atoms with van der Waals surface area (Å²) in [5.74, 6) is 1.77. The monoisotopic (exact) mass is 300 g/mol. The third kappa shape index (κ3) is 2.46. The van der Waals surface area contributed by atoms with Crippen LogP contribution in [-0.2, 0) is 0 Å². The minimum Gasteiger partial charge on any atom is -0.508 e. The number of benzene rings is 2. The van der Waals surface area contributed by atoms with Gasteiger partial charge in [0.15, 0.2) is 0 Å². The first-order valence-electron chi connectivity index (χ1n) is 6.74. The number of phenols is 1. The van der Waals surface area contributed by atoms with Crippen molar-refractivity contribution in [1.82, 2.24) is 0 Å². The van der Waals surface area contributed by atoms with Gasteiger partial charge in [0.25, 0.3) is 0 Å². The van der Waals surface area contributed by atoms with Gasteiger partial charge >= 0.3 is 0 Å². The number of aromatic hydroxyl groups is 1. The lowest BCUT2D eigenvalue weighted by atomic mass is 9.98. The molecule has 1 heterocycles. The molecule has 1 aliphatic rings. The topological polar surface area (TPSA) is 68.2 Å². The fourth-order valence-corrected chi connectivity index (χ4v) is 2.41. The first-order chi connectivity index (χ1) is 10.6. The average molecular weight is 300 g/mol. The largest absolute Gasteiger partial charge is 0.508 e. The zero-order valence-electron chi connectivity index (χ0n) is 12.2. The molecule has 0 spiro atoms. The van der Waals surface area contributed by atoms with Crippen molar-refractivity contribution < 1.29 is 24.4 Å². The van der Waals surface area contributed by atoms with Crippen molar-refractivity contribution in [2.24, 2.45) is 0 Å². The van der Waals surface area contributed by atoms with Gasteiger partial charge in [-0.3, -0.25) is 0 Å². The van der Waals surface area contributed by atoms with Gasteiger partial charge in [0, 0.05) is 28.8 Å². The molecule has 2 aromatic carbocycles. The molecule has 0 amide bonds. The molecule has 1 aliphatic heterocycles. The van der Waals surface area contributed by atoms with Crippen molar-refractivity contribution in [3.63, 3.8) is 0 Å². The lowest BCUT2D eigenvalue weighted by molar-refractivity contribution is 0.0317. The van der Waals surface area contributed by atoms with Crippen molar-refractivity contribution >= 4 is 11.6 Å². The van der Waals surface area contributed by atoms with E-state index in [0.717, 1.165) is 5.56 Å². The molecule has 2 N–H and O–H groups in total. The van der Waals surface area contributed by atoms with Crippen LogP contribution in [0.5, 0.6) is 23.0 Å². The number of hydrogen-bond acceptors (Lipinski definition) is 5. The summed E-state index contributed by atoms with van der Waals surface area (Å²) in [7, 11) is 3.08. The van der Waals surface area contributed by atoms with Crippen LogP contribution in [-0.4, -0.2) is 30.7 Å². The molecule has 114 valence electrons. The van der Waals surface area contributed by atoms with Crippen molar-refractivity contribution in [3.05, 3.63) is 47.5 Å². The Bertz CT molecular complexity index is 736. The Hall–Kier alpha value is -2.66. The van der Waals surface area contributed by atoms with Crippen molar-refractivity contribution in [3.8, 4) is 23.0 Å². The lowest BCUT2D eigenvalue weighted by Gasteiger charge is -2.24. The van der Waals surface area contributed by atoms with Crippen LogP contribution < -0.4 is 14.2 Å². The third-order valence-corrected chi connectivity index (χ3v) is 3.53.